The Bertz CT molecular complexity index is 467. The lowest BCUT2D eigenvalue weighted by molar-refractivity contribution is 0.0972. The molecule has 1 fully saturated rings. The van der Waals surface area contributed by atoms with Gasteiger partial charge in [-0.25, -0.2) is 4.99 Å². The smallest absolute Gasteiger partial charge is 0.284 e. The second kappa shape index (κ2) is 8.13. The molecule has 1 aromatic heterocycles. The van der Waals surface area contributed by atoms with Gasteiger partial charge in [0.05, 0.1) is 0 Å². The minimum atomic E-state index is -0.580. The van der Waals surface area contributed by atoms with Crippen molar-refractivity contribution in [1.29, 1.82) is 0 Å². The molecule has 2 rings (SSSR count). The molecule has 0 unspecified atom stereocenters. The number of amides is 1. The molecule has 6 nitrogen and oxygen atoms in total. The number of hydrogen-bond acceptors (Lipinski definition) is 3. The number of nitrogens with two attached hydrogens (primary N) is 2. The predicted molar refractivity (Wildman–Crippen MR) is 88.0 cm³/mol. The van der Waals surface area contributed by atoms with Crippen LogP contribution < -0.4 is 16.8 Å². The van der Waals surface area contributed by atoms with Crippen LogP contribution in [0.3, 0.4) is 0 Å². The van der Waals surface area contributed by atoms with E-state index in [4.69, 9.17) is 15.9 Å². The lowest BCUT2D eigenvalue weighted by Crippen LogP contribution is -2.41. The number of aliphatic imine (C=N–C) groups is 1. The summed E-state index contributed by atoms with van der Waals surface area (Å²) in [6.45, 7) is 0.304. The van der Waals surface area contributed by atoms with Crippen LogP contribution in [0.4, 0.5) is 0 Å². The minimum Gasteiger partial charge on any atom is -0.454 e. The van der Waals surface area contributed by atoms with Crippen LogP contribution in [0.5, 0.6) is 0 Å². The monoisotopic (exact) mass is 392 g/mol. The third-order valence-electron chi connectivity index (χ3n) is 3.27. The van der Waals surface area contributed by atoms with Gasteiger partial charge in [-0.05, 0) is 25.0 Å². The largest absolute Gasteiger partial charge is 0.454 e. The Hall–Kier alpha value is -1.25. The molecule has 112 valence electrons. The summed E-state index contributed by atoms with van der Waals surface area (Å²) < 4.78 is 5.22. The molecular formula is C13H21IN4O2. The maximum Gasteiger partial charge on any atom is 0.284 e. The van der Waals surface area contributed by atoms with Crippen LogP contribution in [0.1, 0.15) is 48.4 Å². The number of carbonyl (C=O) groups is 1. The van der Waals surface area contributed by atoms with E-state index in [2.05, 4.69) is 10.3 Å². The van der Waals surface area contributed by atoms with Gasteiger partial charge in [0, 0.05) is 6.04 Å². The SMILES string of the molecule is I.NC(=O)c1ccc(CN=C(N)NC2CCCCC2)o1. The highest BCUT2D eigenvalue weighted by Gasteiger charge is 2.13. The molecule has 0 aromatic carbocycles. The first-order valence-corrected chi connectivity index (χ1v) is 6.60. The first kappa shape index (κ1) is 16.8. The number of nitrogens with zero attached hydrogens (tertiary/aromatic N) is 1. The van der Waals surface area contributed by atoms with Gasteiger partial charge in [0.15, 0.2) is 11.7 Å². The van der Waals surface area contributed by atoms with Crippen molar-refractivity contribution in [1.82, 2.24) is 5.32 Å². The van der Waals surface area contributed by atoms with Gasteiger partial charge in [0.1, 0.15) is 12.3 Å². The van der Waals surface area contributed by atoms with E-state index in [-0.39, 0.29) is 29.7 Å². The van der Waals surface area contributed by atoms with E-state index in [0.717, 1.165) is 12.8 Å². The van der Waals surface area contributed by atoms with Crippen molar-refractivity contribution in [2.75, 3.05) is 0 Å². The van der Waals surface area contributed by atoms with Crippen LogP contribution in [0.2, 0.25) is 0 Å². The first-order chi connectivity index (χ1) is 9.15. The van der Waals surface area contributed by atoms with E-state index in [9.17, 15) is 4.79 Å². The first-order valence-electron chi connectivity index (χ1n) is 6.60. The van der Waals surface area contributed by atoms with Crippen LogP contribution in [0.25, 0.3) is 0 Å². The third-order valence-corrected chi connectivity index (χ3v) is 3.27. The highest BCUT2D eigenvalue weighted by Crippen LogP contribution is 2.17. The Morgan fingerprint density at radius 2 is 2.00 bits per heavy atom. The Morgan fingerprint density at radius 3 is 2.60 bits per heavy atom. The fraction of sp³-hybridized carbons (Fsp3) is 0.538. The number of hydrogen-bond donors (Lipinski definition) is 3. The molecule has 5 N–H and O–H groups in total. The molecule has 0 bridgehead atoms. The zero-order chi connectivity index (χ0) is 13.7. The Labute approximate surface area is 135 Å². The fourth-order valence-electron chi connectivity index (χ4n) is 2.26. The van der Waals surface area contributed by atoms with Crippen molar-refractivity contribution in [3.8, 4) is 0 Å². The molecule has 7 heteroatoms. The third kappa shape index (κ3) is 5.03. The number of primary amides is 1. The van der Waals surface area contributed by atoms with Crippen LogP contribution in [0.15, 0.2) is 21.5 Å². The molecule has 1 aliphatic carbocycles. The molecule has 1 heterocycles. The lowest BCUT2D eigenvalue weighted by Gasteiger charge is -2.23. The number of nitrogens with one attached hydrogen (secondary N) is 1. The number of guanidine groups is 1. The quantitative estimate of drug-likeness (QED) is 0.412. The number of rotatable bonds is 4. The second-order valence-corrected chi connectivity index (χ2v) is 4.81. The average molecular weight is 392 g/mol. The predicted octanol–water partition coefficient (Wildman–Crippen LogP) is 1.73. The highest BCUT2D eigenvalue weighted by molar-refractivity contribution is 14.0. The van der Waals surface area contributed by atoms with Crippen molar-refractivity contribution in [3.05, 3.63) is 23.7 Å². The molecular weight excluding hydrogens is 371 g/mol. The molecule has 0 aliphatic heterocycles. The van der Waals surface area contributed by atoms with Gasteiger partial charge in [-0.3, -0.25) is 4.79 Å². The van der Waals surface area contributed by atoms with Crippen LogP contribution in [0, 0.1) is 0 Å². The molecule has 0 spiro atoms. The van der Waals surface area contributed by atoms with E-state index >= 15 is 0 Å². The fourth-order valence-corrected chi connectivity index (χ4v) is 2.26. The maximum atomic E-state index is 10.9. The van der Waals surface area contributed by atoms with E-state index in [1.165, 1.54) is 25.3 Å². The average Bonchev–Trinajstić information content (AvgIpc) is 2.86. The van der Waals surface area contributed by atoms with Gasteiger partial charge in [-0.2, -0.15) is 0 Å². The Kier molecular flexibility index (Phi) is 6.83. The van der Waals surface area contributed by atoms with Crippen molar-refractivity contribution < 1.29 is 9.21 Å². The summed E-state index contributed by atoms with van der Waals surface area (Å²) in [6.07, 6.45) is 6.07. The van der Waals surface area contributed by atoms with Gasteiger partial charge in [0.25, 0.3) is 5.91 Å². The molecule has 1 saturated carbocycles. The zero-order valence-electron chi connectivity index (χ0n) is 11.3. The molecule has 1 amide bonds. The minimum absolute atomic E-state index is 0. The molecule has 20 heavy (non-hydrogen) atoms. The number of carbonyl (C=O) groups excluding carboxylic acids is 1. The summed E-state index contributed by atoms with van der Waals surface area (Å²) >= 11 is 0. The molecule has 1 aliphatic rings. The van der Waals surface area contributed by atoms with E-state index in [1.807, 2.05) is 0 Å². The van der Waals surface area contributed by atoms with Gasteiger partial charge in [-0.15, -0.1) is 24.0 Å². The summed E-state index contributed by atoms with van der Waals surface area (Å²) in [5, 5.41) is 3.21. The second-order valence-electron chi connectivity index (χ2n) is 4.81. The van der Waals surface area contributed by atoms with Crippen molar-refractivity contribution in [2.45, 2.75) is 44.7 Å². The van der Waals surface area contributed by atoms with Gasteiger partial charge < -0.3 is 21.2 Å². The van der Waals surface area contributed by atoms with Gasteiger partial charge >= 0.3 is 0 Å². The Balaban J connectivity index is 0.00000200. The van der Waals surface area contributed by atoms with Gasteiger partial charge in [-0.1, -0.05) is 19.3 Å². The highest BCUT2D eigenvalue weighted by atomic mass is 127. The lowest BCUT2D eigenvalue weighted by atomic mass is 9.96. The van der Waals surface area contributed by atoms with Crippen LogP contribution >= 0.6 is 24.0 Å². The summed E-state index contributed by atoms with van der Waals surface area (Å²) in [7, 11) is 0. The maximum absolute atomic E-state index is 10.9. The van der Waals surface area contributed by atoms with E-state index in [1.54, 1.807) is 6.07 Å². The van der Waals surface area contributed by atoms with E-state index in [0.29, 0.717) is 24.3 Å². The number of halogens is 1. The Morgan fingerprint density at radius 1 is 1.30 bits per heavy atom. The topological polar surface area (TPSA) is 107 Å². The van der Waals surface area contributed by atoms with Crippen molar-refractivity contribution >= 4 is 35.8 Å². The van der Waals surface area contributed by atoms with Crippen LogP contribution in [-0.4, -0.2) is 17.9 Å². The molecule has 0 radical (unpaired) electrons. The van der Waals surface area contributed by atoms with Crippen LogP contribution in [-0.2, 0) is 6.54 Å². The molecule has 1 aromatic rings. The summed E-state index contributed by atoms with van der Waals surface area (Å²) in [5.74, 6) is 0.554. The molecule has 0 atom stereocenters. The standard InChI is InChI=1S/C13H20N4O2.HI/c14-12(18)11-7-6-10(19-11)8-16-13(15)17-9-4-2-1-3-5-9;/h6-7,9H,1-5,8H2,(H2,14,18)(H3,15,16,17);1H. The van der Waals surface area contributed by atoms with E-state index < -0.39 is 5.91 Å². The normalized spacial score (nSPS) is 16.5. The van der Waals surface area contributed by atoms with Crippen molar-refractivity contribution in [2.24, 2.45) is 16.5 Å². The zero-order valence-corrected chi connectivity index (χ0v) is 13.6. The van der Waals surface area contributed by atoms with Gasteiger partial charge in [0.2, 0.25) is 0 Å². The number of furan rings is 1. The summed E-state index contributed by atoms with van der Waals surface area (Å²) in [4.78, 5) is 15.1. The summed E-state index contributed by atoms with van der Waals surface area (Å²) in [5.41, 5.74) is 10.9. The molecule has 0 saturated heterocycles. The summed E-state index contributed by atoms with van der Waals surface area (Å²) in [6, 6.07) is 3.64. The van der Waals surface area contributed by atoms with Crippen molar-refractivity contribution in [3.63, 3.8) is 0 Å².